The van der Waals surface area contributed by atoms with Crippen LogP contribution in [0.5, 0.6) is 0 Å². The molecule has 0 fully saturated rings. The Hall–Kier alpha value is -2.17. The van der Waals surface area contributed by atoms with E-state index < -0.39 is 11.7 Å². The van der Waals surface area contributed by atoms with E-state index in [1.54, 1.807) is 24.3 Å². The van der Waals surface area contributed by atoms with Crippen molar-refractivity contribution in [1.82, 2.24) is 0 Å². The Balaban J connectivity index is 2.90. The maximum absolute atomic E-state index is 12.5. The highest BCUT2D eigenvalue weighted by molar-refractivity contribution is 6.05. The minimum absolute atomic E-state index is 0.277. The zero-order valence-electron chi connectivity index (χ0n) is 8.71. The minimum Gasteiger partial charge on any atom is -0.325 e. The van der Waals surface area contributed by atoms with Crippen molar-refractivity contribution in [3.8, 4) is 0 Å². The van der Waals surface area contributed by atoms with Crippen molar-refractivity contribution in [2.75, 3.05) is 10.6 Å². The third kappa shape index (κ3) is 3.20. The molecule has 0 radical (unpaired) electrons. The molecule has 2 N–H and O–H groups in total. The molecule has 4 nitrogen and oxygen atoms in total. The van der Waals surface area contributed by atoms with Crippen molar-refractivity contribution in [2.24, 2.45) is 0 Å². The summed E-state index contributed by atoms with van der Waals surface area (Å²) in [6, 6.07) is 6.48. The summed E-state index contributed by atoms with van der Waals surface area (Å²) in [5, 5.41) is 4.80. The fourth-order valence-corrected chi connectivity index (χ4v) is 1.08. The van der Waals surface area contributed by atoms with Crippen LogP contribution in [0.25, 0.3) is 0 Å². The average molecular weight is 222 g/mol. The Morgan fingerprint density at radius 3 is 2.12 bits per heavy atom. The van der Waals surface area contributed by atoms with Gasteiger partial charge in [-0.15, -0.1) is 0 Å². The molecule has 0 saturated carbocycles. The number of carbonyl (C=O) groups excluding carboxylic acids is 2. The minimum atomic E-state index is -1.09. The van der Waals surface area contributed by atoms with E-state index in [1.165, 1.54) is 6.92 Å². The van der Waals surface area contributed by atoms with E-state index >= 15 is 0 Å². The van der Waals surface area contributed by atoms with Crippen molar-refractivity contribution in [2.45, 2.75) is 6.92 Å². The molecule has 0 unspecified atom stereocenters. The Morgan fingerprint density at radius 2 is 1.69 bits per heavy atom. The van der Waals surface area contributed by atoms with Gasteiger partial charge in [-0.2, -0.15) is 0 Å². The molecule has 5 heteroatoms. The van der Waals surface area contributed by atoms with Gasteiger partial charge >= 0.3 is 0 Å². The van der Waals surface area contributed by atoms with Crippen LogP contribution in [0.4, 0.5) is 15.8 Å². The van der Waals surface area contributed by atoms with Gasteiger partial charge in [-0.05, 0) is 12.1 Å². The number of benzene rings is 1. The number of anilines is 2. The Bertz CT molecular complexity index is 443. The molecule has 0 aromatic heterocycles. The number of hydrogen-bond acceptors (Lipinski definition) is 2. The summed E-state index contributed by atoms with van der Waals surface area (Å²) >= 11 is 0. The first-order valence-corrected chi connectivity index (χ1v) is 4.53. The standard InChI is InChI=1S/C11H11FN2O2/c1-7(12)11(16)14-10-6-4-3-5-9(10)13-8(2)15/h3-6H,1H2,2H3,(H,13,15)(H,14,16). The van der Waals surface area contributed by atoms with Crippen molar-refractivity contribution in [3.63, 3.8) is 0 Å². The molecule has 0 bridgehead atoms. The molecule has 0 aliphatic carbocycles. The zero-order chi connectivity index (χ0) is 12.1. The molecule has 0 heterocycles. The van der Waals surface area contributed by atoms with Gasteiger partial charge in [-0.1, -0.05) is 18.7 Å². The van der Waals surface area contributed by atoms with Gasteiger partial charge in [-0.25, -0.2) is 4.39 Å². The van der Waals surface area contributed by atoms with Gasteiger partial charge in [0.15, 0.2) is 5.83 Å². The van der Waals surface area contributed by atoms with Crippen LogP contribution in [-0.2, 0) is 9.59 Å². The van der Waals surface area contributed by atoms with Gasteiger partial charge in [0, 0.05) is 6.92 Å². The van der Waals surface area contributed by atoms with Crippen LogP contribution >= 0.6 is 0 Å². The van der Waals surface area contributed by atoms with E-state index in [0.717, 1.165) is 0 Å². The lowest BCUT2D eigenvalue weighted by atomic mass is 10.2. The van der Waals surface area contributed by atoms with Gasteiger partial charge in [0.05, 0.1) is 11.4 Å². The van der Waals surface area contributed by atoms with Crippen molar-refractivity contribution in [1.29, 1.82) is 0 Å². The first-order chi connectivity index (χ1) is 7.50. The van der Waals surface area contributed by atoms with Gasteiger partial charge in [0.1, 0.15) is 0 Å². The lowest BCUT2D eigenvalue weighted by molar-refractivity contribution is -0.115. The van der Waals surface area contributed by atoms with Crippen LogP contribution in [0.2, 0.25) is 0 Å². The summed E-state index contributed by atoms with van der Waals surface area (Å²) in [7, 11) is 0. The van der Waals surface area contributed by atoms with E-state index in [4.69, 9.17) is 0 Å². The number of nitrogens with one attached hydrogen (secondary N) is 2. The molecule has 84 valence electrons. The molecular weight excluding hydrogens is 211 g/mol. The van der Waals surface area contributed by atoms with Crippen molar-refractivity contribution in [3.05, 3.63) is 36.7 Å². The Kier molecular flexibility index (Phi) is 3.77. The van der Waals surface area contributed by atoms with E-state index in [9.17, 15) is 14.0 Å². The number of para-hydroxylation sites is 2. The van der Waals surface area contributed by atoms with E-state index in [2.05, 4.69) is 17.2 Å². The molecule has 0 spiro atoms. The van der Waals surface area contributed by atoms with Crippen molar-refractivity contribution < 1.29 is 14.0 Å². The molecule has 0 atom stereocenters. The number of amides is 2. The second-order valence-electron chi connectivity index (χ2n) is 3.09. The zero-order valence-corrected chi connectivity index (χ0v) is 8.71. The van der Waals surface area contributed by atoms with Gasteiger partial charge in [0.25, 0.3) is 5.91 Å². The molecular formula is C11H11FN2O2. The predicted octanol–water partition coefficient (Wildman–Crippen LogP) is 2.07. The summed E-state index contributed by atoms with van der Waals surface area (Å²) in [4.78, 5) is 21.9. The molecule has 0 saturated heterocycles. The highest BCUT2D eigenvalue weighted by Gasteiger charge is 2.09. The molecule has 16 heavy (non-hydrogen) atoms. The smallest absolute Gasteiger partial charge is 0.283 e. The SMILES string of the molecule is C=C(F)C(=O)Nc1ccccc1NC(C)=O. The molecule has 0 aliphatic heterocycles. The summed E-state index contributed by atoms with van der Waals surface area (Å²) in [6.07, 6.45) is 0. The van der Waals surface area contributed by atoms with E-state index in [1.807, 2.05) is 0 Å². The summed E-state index contributed by atoms with van der Waals surface area (Å²) < 4.78 is 12.5. The van der Waals surface area contributed by atoms with E-state index in [-0.39, 0.29) is 5.91 Å². The van der Waals surface area contributed by atoms with Gasteiger partial charge < -0.3 is 10.6 Å². The molecule has 2 amide bonds. The van der Waals surface area contributed by atoms with Crippen LogP contribution in [0, 0.1) is 0 Å². The first kappa shape index (κ1) is 11.9. The summed E-state index contributed by atoms with van der Waals surface area (Å²) in [5.41, 5.74) is 0.728. The predicted molar refractivity (Wildman–Crippen MR) is 59.6 cm³/mol. The number of rotatable bonds is 3. The second-order valence-corrected chi connectivity index (χ2v) is 3.09. The largest absolute Gasteiger partial charge is 0.325 e. The highest BCUT2D eigenvalue weighted by atomic mass is 19.1. The third-order valence-corrected chi connectivity index (χ3v) is 1.73. The molecule has 1 rings (SSSR count). The number of hydrogen-bond donors (Lipinski definition) is 2. The van der Waals surface area contributed by atoms with Crippen LogP contribution in [-0.4, -0.2) is 11.8 Å². The molecule has 1 aromatic rings. The molecule has 1 aromatic carbocycles. The fraction of sp³-hybridized carbons (Fsp3) is 0.0909. The van der Waals surface area contributed by atoms with Crippen LogP contribution in [0.15, 0.2) is 36.7 Å². The second kappa shape index (κ2) is 5.06. The van der Waals surface area contributed by atoms with Crippen molar-refractivity contribution >= 4 is 23.2 Å². The lowest BCUT2D eigenvalue weighted by Crippen LogP contribution is -2.14. The Morgan fingerprint density at radius 1 is 1.19 bits per heavy atom. The van der Waals surface area contributed by atoms with Crippen LogP contribution < -0.4 is 10.6 Å². The third-order valence-electron chi connectivity index (χ3n) is 1.73. The normalized spacial score (nSPS) is 9.38. The van der Waals surface area contributed by atoms with Gasteiger partial charge in [-0.3, -0.25) is 9.59 Å². The first-order valence-electron chi connectivity index (χ1n) is 4.53. The quantitative estimate of drug-likeness (QED) is 0.769. The maximum Gasteiger partial charge on any atom is 0.283 e. The lowest BCUT2D eigenvalue weighted by Gasteiger charge is -2.09. The number of carbonyl (C=O) groups is 2. The van der Waals surface area contributed by atoms with Crippen LogP contribution in [0.1, 0.15) is 6.92 Å². The monoisotopic (exact) mass is 222 g/mol. The van der Waals surface area contributed by atoms with Crippen LogP contribution in [0.3, 0.4) is 0 Å². The maximum atomic E-state index is 12.5. The number of halogens is 1. The topological polar surface area (TPSA) is 58.2 Å². The summed E-state index contributed by atoms with van der Waals surface area (Å²) in [5.74, 6) is -2.30. The highest BCUT2D eigenvalue weighted by Crippen LogP contribution is 2.21. The van der Waals surface area contributed by atoms with Gasteiger partial charge in [0.2, 0.25) is 5.91 Å². The average Bonchev–Trinajstić information content (AvgIpc) is 2.20. The Labute approximate surface area is 92.2 Å². The fourth-order valence-electron chi connectivity index (χ4n) is 1.08. The van der Waals surface area contributed by atoms with E-state index in [0.29, 0.717) is 11.4 Å². The summed E-state index contributed by atoms with van der Waals surface area (Å²) in [6.45, 7) is 4.22. The molecule has 0 aliphatic rings.